The van der Waals surface area contributed by atoms with Crippen LogP contribution in [0.25, 0.3) is 0 Å². The molecule has 2 rings (SSSR count). The largest absolute Gasteiger partial charge is 0.445 e. The van der Waals surface area contributed by atoms with E-state index in [1.165, 1.54) is 12.8 Å². The van der Waals surface area contributed by atoms with E-state index in [4.69, 9.17) is 0 Å². The Balaban J connectivity index is 1.77. The zero-order chi connectivity index (χ0) is 12.3. The van der Waals surface area contributed by atoms with Crippen molar-refractivity contribution in [3.05, 3.63) is 5.01 Å². The molecular weight excluding hydrogens is 253 g/mol. The summed E-state index contributed by atoms with van der Waals surface area (Å²) in [6.07, 6.45) is -1.99. The van der Waals surface area contributed by atoms with Crippen molar-refractivity contribution in [1.82, 2.24) is 15.1 Å². The Bertz CT molecular complexity index is 359. The summed E-state index contributed by atoms with van der Waals surface area (Å²) in [5, 5.41) is 8.77. The Hall–Kier alpha value is -0.890. The van der Waals surface area contributed by atoms with Crippen LogP contribution < -0.4 is 5.32 Å². The molecule has 0 aromatic carbocycles. The van der Waals surface area contributed by atoms with Gasteiger partial charge in [0.1, 0.15) is 0 Å². The summed E-state index contributed by atoms with van der Waals surface area (Å²) in [7, 11) is 0. The molecule has 0 unspecified atom stereocenters. The van der Waals surface area contributed by atoms with Crippen molar-refractivity contribution in [1.29, 1.82) is 0 Å². The van der Waals surface area contributed by atoms with Crippen LogP contribution in [0.4, 0.5) is 18.3 Å². The zero-order valence-electron chi connectivity index (χ0n) is 9.13. The molecule has 17 heavy (non-hydrogen) atoms. The average Bonchev–Trinajstić information content (AvgIpc) is 2.86. The van der Waals surface area contributed by atoms with Crippen molar-refractivity contribution < 1.29 is 13.2 Å². The maximum Gasteiger partial charge on any atom is 0.445 e. The van der Waals surface area contributed by atoms with Crippen molar-refractivity contribution in [2.75, 3.05) is 31.5 Å². The van der Waals surface area contributed by atoms with Crippen LogP contribution in [0, 0.1) is 0 Å². The van der Waals surface area contributed by atoms with Crippen LogP contribution in [0.15, 0.2) is 0 Å². The third-order valence-corrected chi connectivity index (χ3v) is 3.50. The molecule has 1 saturated heterocycles. The maximum absolute atomic E-state index is 12.2. The quantitative estimate of drug-likeness (QED) is 0.905. The molecule has 0 bridgehead atoms. The summed E-state index contributed by atoms with van der Waals surface area (Å²) in [6.45, 7) is 3.59. The molecule has 1 aromatic rings. The van der Waals surface area contributed by atoms with Gasteiger partial charge in [-0.2, -0.15) is 13.2 Å². The normalized spacial score (nSPS) is 17.6. The molecule has 2 heterocycles. The molecule has 1 aliphatic heterocycles. The van der Waals surface area contributed by atoms with Crippen molar-refractivity contribution in [2.24, 2.45) is 0 Å². The second-order valence-electron chi connectivity index (χ2n) is 3.89. The van der Waals surface area contributed by atoms with Crippen LogP contribution in [0.2, 0.25) is 0 Å². The predicted octanol–water partition coefficient (Wildman–Crippen LogP) is 2.06. The van der Waals surface area contributed by atoms with E-state index in [0.29, 0.717) is 17.9 Å². The molecule has 1 N–H and O–H groups in total. The van der Waals surface area contributed by atoms with Gasteiger partial charge in [0.05, 0.1) is 0 Å². The van der Waals surface area contributed by atoms with E-state index in [1.54, 1.807) is 0 Å². The average molecular weight is 266 g/mol. The first kappa shape index (κ1) is 12.6. The predicted molar refractivity (Wildman–Crippen MR) is 59.1 cm³/mol. The van der Waals surface area contributed by atoms with Crippen LogP contribution in [0.1, 0.15) is 17.8 Å². The zero-order valence-corrected chi connectivity index (χ0v) is 9.94. The third-order valence-electron chi connectivity index (χ3n) is 2.57. The summed E-state index contributed by atoms with van der Waals surface area (Å²) in [5.74, 6) is 0. The summed E-state index contributed by atoms with van der Waals surface area (Å²) in [4.78, 5) is 2.28. The number of halogens is 3. The molecule has 0 atom stereocenters. The number of hydrogen-bond donors (Lipinski definition) is 1. The van der Waals surface area contributed by atoms with Crippen LogP contribution in [0.5, 0.6) is 0 Å². The van der Waals surface area contributed by atoms with E-state index in [1.807, 2.05) is 0 Å². The topological polar surface area (TPSA) is 41.1 Å². The molecule has 0 spiro atoms. The number of hydrogen-bond acceptors (Lipinski definition) is 5. The highest BCUT2D eigenvalue weighted by atomic mass is 32.1. The summed E-state index contributed by atoms with van der Waals surface area (Å²) >= 11 is 0.545. The van der Waals surface area contributed by atoms with Crippen molar-refractivity contribution in [3.63, 3.8) is 0 Å². The van der Waals surface area contributed by atoms with E-state index in [-0.39, 0.29) is 5.13 Å². The highest BCUT2D eigenvalue weighted by Gasteiger charge is 2.35. The number of nitrogens with zero attached hydrogens (tertiary/aromatic N) is 3. The smallest absolute Gasteiger partial charge is 0.359 e. The number of likely N-dealkylation sites (tertiary alicyclic amines) is 1. The lowest BCUT2D eigenvalue weighted by Crippen LogP contribution is -2.25. The van der Waals surface area contributed by atoms with Crippen LogP contribution >= 0.6 is 11.3 Å². The summed E-state index contributed by atoms with van der Waals surface area (Å²) < 4.78 is 36.7. The van der Waals surface area contributed by atoms with Gasteiger partial charge in [-0.1, -0.05) is 11.3 Å². The van der Waals surface area contributed by atoms with Gasteiger partial charge in [0.2, 0.25) is 10.1 Å². The Morgan fingerprint density at radius 3 is 2.53 bits per heavy atom. The maximum atomic E-state index is 12.2. The van der Waals surface area contributed by atoms with Crippen molar-refractivity contribution in [3.8, 4) is 0 Å². The first-order valence-corrected chi connectivity index (χ1v) is 6.24. The number of aromatic nitrogens is 2. The van der Waals surface area contributed by atoms with Gasteiger partial charge < -0.3 is 10.2 Å². The molecule has 8 heteroatoms. The van der Waals surface area contributed by atoms with Gasteiger partial charge in [-0.15, -0.1) is 10.2 Å². The monoisotopic (exact) mass is 266 g/mol. The summed E-state index contributed by atoms with van der Waals surface area (Å²) in [5.41, 5.74) is 0. The fourth-order valence-corrected chi connectivity index (χ4v) is 2.37. The van der Waals surface area contributed by atoms with Gasteiger partial charge in [-0.05, 0) is 25.9 Å². The number of alkyl halides is 3. The molecule has 0 amide bonds. The fourth-order valence-electron chi connectivity index (χ4n) is 1.74. The van der Waals surface area contributed by atoms with Crippen molar-refractivity contribution in [2.45, 2.75) is 19.0 Å². The molecule has 1 fully saturated rings. The second kappa shape index (κ2) is 5.18. The molecule has 1 aromatic heterocycles. The van der Waals surface area contributed by atoms with Crippen LogP contribution in [0.3, 0.4) is 0 Å². The lowest BCUT2D eigenvalue weighted by Gasteiger charge is -2.13. The molecule has 96 valence electrons. The summed E-state index contributed by atoms with van der Waals surface area (Å²) in [6, 6.07) is 0. The number of anilines is 1. The Morgan fingerprint density at radius 2 is 1.94 bits per heavy atom. The highest BCUT2D eigenvalue weighted by Crippen LogP contribution is 2.32. The lowest BCUT2D eigenvalue weighted by atomic mass is 10.4. The first-order chi connectivity index (χ1) is 8.05. The minimum Gasteiger partial charge on any atom is -0.359 e. The van der Waals surface area contributed by atoms with E-state index in [0.717, 1.165) is 19.6 Å². The van der Waals surface area contributed by atoms with Crippen molar-refractivity contribution >= 4 is 16.5 Å². The van der Waals surface area contributed by atoms with Crippen LogP contribution in [-0.4, -0.2) is 41.3 Å². The number of rotatable bonds is 4. The molecule has 0 aliphatic carbocycles. The van der Waals surface area contributed by atoms with Gasteiger partial charge >= 0.3 is 6.18 Å². The second-order valence-corrected chi connectivity index (χ2v) is 4.86. The van der Waals surface area contributed by atoms with Gasteiger partial charge in [-0.3, -0.25) is 0 Å². The van der Waals surface area contributed by atoms with E-state index in [9.17, 15) is 13.2 Å². The first-order valence-electron chi connectivity index (χ1n) is 5.42. The lowest BCUT2D eigenvalue weighted by molar-refractivity contribution is -0.138. The van der Waals surface area contributed by atoms with Gasteiger partial charge in [-0.25, -0.2) is 0 Å². The van der Waals surface area contributed by atoms with Crippen LogP contribution in [-0.2, 0) is 6.18 Å². The molecular formula is C9H13F3N4S. The third kappa shape index (κ3) is 3.53. The standard InChI is InChI=1S/C9H13F3N4S/c10-9(11,12)7-14-15-8(17-7)13-3-6-16-4-1-2-5-16/h1-6H2,(H,13,15). The van der Waals surface area contributed by atoms with Gasteiger partial charge in [0, 0.05) is 13.1 Å². The van der Waals surface area contributed by atoms with E-state index in [2.05, 4.69) is 20.4 Å². The number of nitrogens with one attached hydrogen (secondary N) is 1. The van der Waals surface area contributed by atoms with E-state index >= 15 is 0 Å². The van der Waals surface area contributed by atoms with E-state index < -0.39 is 11.2 Å². The molecule has 4 nitrogen and oxygen atoms in total. The van der Waals surface area contributed by atoms with Gasteiger partial charge in [0.25, 0.3) is 0 Å². The Morgan fingerprint density at radius 1 is 1.24 bits per heavy atom. The molecule has 0 saturated carbocycles. The minimum atomic E-state index is -4.40. The highest BCUT2D eigenvalue weighted by molar-refractivity contribution is 7.15. The molecule has 0 radical (unpaired) electrons. The van der Waals surface area contributed by atoms with Gasteiger partial charge in [0.15, 0.2) is 0 Å². The SMILES string of the molecule is FC(F)(F)c1nnc(NCCN2CCCC2)s1. The Labute approximate surface area is 101 Å². The Kier molecular flexibility index (Phi) is 3.82. The molecule has 1 aliphatic rings. The minimum absolute atomic E-state index is 0.233. The fraction of sp³-hybridized carbons (Fsp3) is 0.778.